The number of carbonyl (C=O) groups is 5. The smallest absolute Gasteiger partial charge is 0.341 e. The zero-order chi connectivity index (χ0) is 42.5. The molecule has 7 rings (SSSR count). The van der Waals surface area contributed by atoms with Crippen LogP contribution in [0.1, 0.15) is 88.7 Å². The molecule has 0 radical (unpaired) electrons. The van der Waals surface area contributed by atoms with E-state index >= 15 is 0 Å². The van der Waals surface area contributed by atoms with Crippen molar-refractivity contribution in [1.29, 1.82) is 0 Å². The number of rotatable bonds is 7. The Labute approximate surface area is 329 Å². The number of esters is 1. The number of allylic oxidation sites excluding steroid dienone is 2. The van der Waals surface area contributed by atoms with Crippen LogP contribution in [0.3, 0.4) is 0 Å². The number of phenolic OH excluding ortho intramolecular Hbond substituents is 2. The van der Waals surface area contributed by atoms with Gasteiger partial charge in [0, 0.05) is 49.8 Å². The van der Waals surface area contributed by atoms with Crippen molar-refractivity contribution in [3.63, 3.8) is 0 Å². The summed E-state index contributed by atoms with van der Waals surface area (Å²) in [6, 6.07) is 2.13. The van der Waals surface area contributed by atoms with Gasteiger partial charge in [0.25, 0.3) is 0 Å². The van der Waals surface area contributed by atoms with E-state index in [9.17, 15) is 59.7 Å². The number of ketones is 4. The van der Waals surface area contributed by atoms with Gasteiger partial charge in [0.1, 0.15) is 41.5 Å². The van der Waals surface area contributed by atoms with Gasteiger partial charge in [0.2, 0.25) is 17.3 Å². The van der Waals surface area contributed by atoms with Gasteiger partial charge in [-0.15, -0.1) is 0 Å². The first kappa shape index (κ1) is 41.5. The highest BCUT2D eigenvalue weighted by Gasteiger charge is 2.72. The number of fused-ring (bicyclic) bond motifs is 5. The largest absolute Gasteiger partial charge is 0.507 e. The van der Waals surface area contributed by atoms with Gasteiger partial charge in [0.15, 0.2) is 29.5 Å². The van der Waals surface area contributed by atoms with Crippen LogP contribution in [0.2, 0.25) is 0 Å². The van der Waals surface area contributed by atoms with Crippen LogP contribution in [0.25, 0.3) is 0 Å². The van der Waals surface area contributed by atoms with Crippen LogP contribution < -0.4 is 5.32 Å². The molecule has 12 atom stereocenters. The maximum Gasteiger partial charge on any atom is 0.341 e. The Morgan fingerprint density at radius 1 is 0.879 bits per heavy atom. The number of nitrogens with one attached hydrogen (secondary N) is 1. The third kappa shape index (κ3) is 5.68. The van der Waals surface area contributed by atoms with Crippen LogP contribution in [0.15, 0.2) is 23.9 Å². The molecule has 3 aliphatic carbocycles. The summed E-state index contributed by atoms with van der Waals surface area (Å²) in [5.74, 6) is -7.93. The van der Waals surface area contributed by atoms with Crippen molar-refractivity contribution < 1.29 is 88.1 Å². The van der Waals surface area contributed by atoms with E-state index in [2.05, 4.69) is 5.32 Å². The molecule has 0 aromatic heterocycles. The predicted octanol–water partition coefficient (Wildman–Crippen LogP) is -1.02. The Morgan fingerprint density at radius 2 is 1.57 bits per heavy atom. The minimum absolute atomic E-state index is 0.0285. The molecule has 19 heteroatoms. The molecule has 312 valence electrons. The monoisotopic (exact) mass is 813 g/mol. The SMILES string of the molecule is COC(=O)c1c(C)cc2c(c1O)[C@]1(O)C(=O)c3cc4c(c(O)c3C(=O)[C@]1(OC)[C@H](O)C2)C(=O)C=C(NC1O[C@@H](C)[C@H](OC2C[C@H](O)[C@H](O)C(C)O2)[C@@H](O)[C@H]1OC)C4=O. The summed E-state index contributed by atoms with van der Waals surface area (Å²) >= 11 is 0. The lowest BCUT2D eigenvalue weighted by Crippen LogP contribution is -2.73. The summed E-state index contributed by atoms with van der Waals surface area (Å²) in [5, 5.41) is 81.4. The Bertz CT molecular complexity index is 2160. The van der Waals surface area contributed by atoms with Crippen molar-refractivity contribution in [1.82, 2.24) is 5.32 Å². The molecule has 0 saturated carbocycles. The quantitative estimate of drug-likeness (QED) is 0.155. The molecule has 2 saturated heterocycles. The van der Waals surface area contributed by atoms with Crippen molar-refractivity contribution in [2.45, 2.75) is 106 Å². The van der Waals surface area contributed by atoms with Crippen LogP contribution >= 0.6 is 0 Å². The highest BCUT2D eigenvalue weighted by molar-refractivity contribution is 6.31. The first-order chi connectivity index (χ1) is 27.3. The average molecular weight is 814 g/mol. The van der Waals surface area contributed by atoms with E-state index in [1.807, 2.05) is 0 Å². The van der Waals surface area contributed by atoms with Crippen molar-refractivity contribution in [3.8, 4) is 11.5 Å². The van der Waals surface area contributed by atoms with Crippen LogP contribution in [0.5, 0.6) is 11.5 Å². The molecular formula is C39H43NO18. The van der Waals surface area contributed by atoms with E-state index < -0.39 is 159 Å². The first-order valence-corrected chi connectivity index (χ1v) is 18.3. The van der Waals surface area contributed by atoms with E-state index in [-0.39, 0.29) is 17.5 Å². The van der Waals surface area contributed by atoms with E-state index in [0.717, 1.165) is 26.4 Å². The van der Waals surface area contributed by atoms with E-state index in [1.165, 1.54) is 33.9 Å². The van der Waals surface area contributed by atoms with Gasteiger partial charge >= 0.3 is 5.97 Å². The zero-order valence-corrected chi connectivity index (χ0v) is 32.0. The van der Waals surface area contributed by atoms with Crippen LogP contribution in [-0.4, -0.2) is 153 Å². The number of carbonyl (C=O) groups excluding carboxylic acids is 5. The van der Waals surface area contributed by atoms with E-state index in [4.69, 9.17) is 28.4 Å². The standard InChI is InChI=1S/C39H43NO18/c1-12-7-15-8-21(43)39(55-6)35(50)25-17(34(49)38(39,52)26(15)30(47)23(12)37(51)54-5)9-16-24(29(25)46)19(41)10-18(28(16)45)40-36-33(53-4)31(48)32(14(3)57-36)58-22-11-20(42)27(44)13(2)56-22/h7,9-10,13-14,20-22,27,31-33,36,40,42-44,46-48,52H,8,11H2,1-6H3/t13?,14-,20-,21+,22?,27+,31+,32-,33+,36?,38-,39+/m0/s1. The minimum Gasteiger partial charge on any atom is -0.507 e. The number of aliphatic hydroxyl groups is 5. The average Bonchev–Trinajstić information content (AvgIpc) is 3.16. The molecule has 3 unspecified atom stereocenters. The predicted molar refractivity (Wildman–Crippen MR) is 191 cm³/mol. The van der Waals surface area contributed by atoms with Crippen molar-refractivity contribution in [2.75, 3.05) is 21.3 Å². The van der Waals surface area contributed by atoms with E-state index in [0.29, 0.717) is 0 Å². The second kappa shape index (κ2) is 14.6. The number of hydrogen-bond acceptors (Lipinski definition) is 19. The Kier molecular flexibility index (Phi) is 10.4. The molecule has 2 aliphatic heterocycles. The third-order valence-corrected chi connectivity index (χ3v) is 11.9. The fourth-order valence-corrected chi connectivity index (χ4v) is 9.00. The number of aromatic hydroxyl groups is 2. The van der Waals surface area contributed by atoms with Crippen LogP contribution in [-0.2, 0) is 40.4 Å². The van der Waals surface area contributed by atoms with Crippen molar-refractivity contribution >= 4 is 29.1 Å². The summed E-state index contributed by atoms with van der Waals surface area (Å²) in [5.41, 5.74) is -10.5. The highest BCUT2D eigenvalue weighted by Crippen LogP contribution is 2.56. The molecule has 0 spiro atoms. The topological polar surface area (TPSA) is 294 Å². The van der Waals surface area contributed by atoms with Gasteiger partial charge in [-0.3, -0.25) is 19.2 Å². The number of phenols is 2. The van der Waals surface area contributed by atoms with Gasteiger partial charge in [0.05, 0.1) is 48.3 Å². The lowest BCUT2D eigenvalue weighted by molar-refractivity contribution is -0.309. The molecule has 0 bridgehead atoms. The maximum atomic E-state index is 14.7. The number of ether oxygens (including phenoxy) is 6. The molecular weight excluding hydrogens is 770 g/mol. The summed E-state index contributed by atoms with van der Waals surface area (Å²) in [6.07, 6.45) is -12.0. The fraction of sp³-hybridized carbons (Fsp3) is 0.513. The Morgan fingerprint density at radius 3 is 2.19 bits per heavy atom. The van der Waals surface area contributed by atoms with Gasteiger partial charge in [-0.1, -0.05) is 6.07 Å². The van der Waals surface area contributed by atoms with Gasteiger partial charge in [-0.2, -0.15) is 0 Å². The fourth-order valence-electron chi connectivity index (χ4n) is 9.00. The molecule has 8 N–H and O–H groups in total. The number of benzene rings is 2. The minimum atomic E-state index is -3.27. The number of methoxy groups -OCH3 is 3. The molecule has 58 heavy (non-hydrogen) atoms. The van der Waals surface area contributed by atoms with Gasteiger partial charge in [-0.05, 0) is 38.0 Å². The summed E-state index contributed by atoms with van der Waals surface area (Å²) in [4.78, 5) is 69.9. The third-order valence-electron chi connectivity index (χ3n) is 11.9. The molecule has 5 aliphatic rings. The second-order valence-electron chi connectivity index (χ2n) is 15.1. The van der Waals surface area contributed by atoms with Crippen LogP contribution in [0.4, 0.5) is 0 Å². The van der Waals surface area contributed by atoms with E-state index in [1.54, 1.807) is 0 Å². The number of aryl methyl sites for hydroxylation is 1. The molecule has 0 amide bonds. The normalized spacial score (nSPS) is 35.7. The van der Waals surface area contributed by atoms with Gasteiger partial charge < -0.3 is 69.5 Å². The molecule has 2 aromatic carbocycles. The Hall–Kier alpha value is -4.67. The highest BCUT2D eigenvalue weighted by atomic mass is 16.7. The summed E-state index contributed by atoms with van der Waals surface area (Å²) in [7, 11) is 3.17. The second-order valence-corrected chi connectivity index (χ2v) is 15.1. The number of aliphatic hydroxyl groups excluding tert-OH is 4. The number of Topliss-reactive ketones (excluding diaryl/α,β-unsaturated/α-hetero) is 3. The van der Waals surface area contributed by atoms with Gasteiger partial charge in [-0.25, -0.2) is 4.79 Å². The lowest BCUT2D eigenvalue weighted by Gasteiger charge is -2.52. The van der Waals surface area contributed by atoms with Crippen molar-refractivity contribution in [2.24, 2.45) is 0 Å². The molecule has 2 aromatic rings. The number of hydrogen-bond donors (Lipinski definition) is 8. The molecule has 2 heterocycles. The Balaban J connectivity index is 1.25. The van der Waals surface area contributed by atoms with Crippen molar-refractivity contribution in [3.05, 3.63) is 68.4 Å². The first-order valence-electron chi connectivity index (χ1n) is 18.3. The summed E-state index contributed by atoms with van der Waals surface area (Å²) in [6.45, 7) is 4.51. The molecule has 19 nitrogen and oxygen atoms in total. The summed E-state index contributed by atoms with van der Waals surface area (Å²) < 4.78 is 33.4. The maximum absolute atomic E-state index is 14.7. The zero-order valence-electron chi connectivity index (χ0n) is 32.0. The lowest BCUT2D eigenvalue weighted by atomic mass is 9.56. The van der Waals surface area contributed by atoms with Crippen LogP contribution in [0, 0.1) is 6.92 Å². The molecule has 2 fully saturated rings.